The molecule has 0 bridgehead atoms. The van der Waals surface area contributed by atoms with Gasteiger partial charge in [-0.1, -0.05) is 140 Å². The highest BCUT2D eigenvalue weighted by molar-refractivity contribution is 6.22. The van der Waals surface area contributed by atoms with Crippen molar-refractivity contribution in [3.05, 3.63) is 194 Å². The van der Waals surface area contributed by atoms with Crippen molar-refractivity contribution in [2.24, 2.45) is 0 Å². The molecule has 11 rings (SSSR count). The maximum Gasteiger partial charge on any atom is 0.0571 e. The highest BCUT2D eigenvalue weighted by Gasteiger charge is 2.19. The summed E-state index contributed by atoms with van der Waals surface area (Å²) in [5.74, 6) is 0. The summed E-state index contributed by atoms with van der Waals surface area (Å²) in [5, 5.41) is 12.4. The second-order valence-electron chi connectivity index (χ2n) is 14.0. The van der Waals surface area contributed by atoms with Crippen molar-refractivity contribution < 1.29 is 0 Å². The Morgan fingerprint density at radius 3 is 1.51 bits per heavy atom. The molecule has 0 aliphatic heterocycles. The Balaban J connectivity index is 1.15. The Labute approximate surface area is 306 Å². The van der Waals surface area contributed by atoms with E-state index in [4.69, 9.17) is 0 Å². The fraction of sp³-hybridized carbons (Fsp3) is 0. The molecule has 2 nitrogen and oxygen atoms in total. The Morgan fingerprint density at radius 2 is 0.830 bits per heavy atom. The quantitative estimate of drug-likeness (QED) is 0.170. The number of aromatic nitrogens is 2. The summed E-state index contributed by atoms with van der Waals surface area (Å²) < 4.78 is 2.34. The van der Waals surface area contributed by atoms with E-state index >= 15 is 0 Å². The second-order valence-corrected chi connectivity index (χ2v) is 14.0. The molecule has 0 radical (unpaired) electrons. The molecule has 0 aliphatic carbocycles. The van der Waals surface area contributed by atoms with Crippen LogP contribution in [0.3, 0.4) is 0 Å². The van der Waals surface area contributed by atoms with Crippen LogP contribution in [0.4, 0.5) is 0 Å². The molecule has 0 saturated heterocycles. The molecule has 2 aromatic heterocycles. The standard InChI is InChI=1S/C51H32N2/c1-3-11-36-29-39(19-17-33(36)9-1)50-43-14-5-6-15-44(43)51(40-20-18-34-10-2-4-12-37(34)30-40)46-31-38(23-26-45(46)50)35-21-24-41(25-22-35)53-48-16-8-7-13-42(48)47-32-52-28-27-49(47)53/h1-32H. The number of hydrogen-bond donors (Lipinski definition) is 0. The van der Waals surface area contributed by atoms with Gasteiger partial charge in [0.05, 0.1) is 11.0 Å². The number of para-hydroxylation sites is 1. The summed E-state index contributed by atoms with van der Waals surface area (Å²) in [4.78, 5) is 4.44. The summed E-state index contributed by atoms with van der Waals surface area (Å²) in [7, 11) is 0. The zero-order chi connectivity index (χ0) is 34.9. The Hall–Kier alpha value is -7.03. The number of rotatable bonds is 4. The van der Waals surface area contributed by atoms with Crippen molar-refractivity contribution in [1.29, 1.82) is 0 Å². The minimum Gasteiger partial charge on any atom is -0.309 e. The van der Waals surface area contributed by atoms with E-state index in [1.54, 1.807) is 0 Å². The van der Waals surface area contributed by atoms with Crippen molar-refractivity contribution >= 4 is 64.9 Å². The average Bonchev–Trinajstić information content (AvgIpc) is 3.56. The monoisotopic (exact) mass is 672 g/mol. The molecule has 53 heavy (non-hydrogen) atoms. The fourth-order valence-corrected chi connectivity index (χ4v) is 8.57. The van der Waals surface area contributed by atoms with E-state index in [-0.39, 0.29) is 0 Å². The second kappa shape index (κ2) is 11.8. The van der Waals surface area contributed by atoms with Crippen molar-refractivity contribution in [2.75, 3.05) is 0 Å². The molecular weight excluding hydrogens is 641 g/mol. The van der Waals surface area contributed by atoms with E-state index in [0.717, 1.165) is 16.6 Å². The third-order valence-corrected chi connectivity index (χ3v) is 11.0. The summed E-state index contributed by atoms with van der Waals surface area (Å²) >= 11 is 0. The minimum atomic E-state index is 1.13. The van der Waals surface area contributed by atoms with E-state index in [0.29, 0.717) is 0 Å². The molecule has 9 aromatic carbocycles. The first-order valence-electron chi connectivity index (χ1n) is 18.2. The van der Waals surface area contributed by atoms with Crippen molar-refractivity contribution in [2.45, 2.75) is 0 Å². The van der Waals surface area contributed by atoms with Gasteiger partial charge in [-0.3, -0.25) is 4.98 Å². The molecule has 0 fully saturated rings. The van der Waals surface area contributed by atoms with Crippen LogP contribution in [0.5, 0.6) is 0 Å². The molecule has 0 N–H and O–H groups in total. The lowest BCUT2D eigenvalue weighted by Crippen LogP contribution is -1.94. The van der Waals surface area contributed by atoms with E-state index in [1.807, 2.05) is 12.4 Å². The highest BCUT2D eigenvalue weighted by atomic mass is 15.0. The van der Waals surface area contributed by atoms with Gasteiger partial charge in [0.1, 0.15) is 0 Å². The Morgan fingerprint density at radius 1 is 0.321 bits per heavy atom. The van der Waals surface area contributed by atoms with Crippen LogP contribution in [0.15, 0.2) is 194 Å². The van der Waals surface area contributed by atoms with Gasteiger partial charge in [0.15, 0.2) is 0 Å². The van der Waals surface area contributed by atoms with Gasteiger partial charge in [-0.2, -0.15) is 0 Å². The zero-order valence-electron chi connectivity index (χ0n) is 28.9. The van der Waals surface area contributed by atoms with Crippen LogP contribution in [0, 0.1) is 0 Å². The van der Waals surface area contributed by atoms with Crippen molar-refractivity contribution in [3.8, 4) is 39.1 Å². The van der Waals surface area contributed by atoms with Gasteiger partial charge in [-0.15, -0.1) is 0 Å². The van der Waals surface area contributed by atoms with Crippen LogP contribution in [0.2, 0.25) is 0 Å². The molecule has 2 heteroatoms. The number of fused-ring (bicyclic) bond motifs is 7. The SMILES string of the molecule is c1ccc2cc(-c3c4ccccc4c(-c4ccc5ccccc5c4)c4cc(-c5ccc(-n6c7ccccc7c7cnccc76)cc5)ccc34)ccc2c1. The maximum atomic E-state index is 4.44. The van der Waals surface area contributed by atoms with Crippen LogP contribution >= 0.6 is 0 Å². The highest BCUT2D eigenvalue weighted by Crippen LogP contribution is 2.46. The topological polar surface area (TPSA) is 17.8 Å². The molecule has 0 amide bonds. The Kier molecular flexibility index (Phi) is 6.59. The van der Waals surface area contributed by atoms with Gasteiger partial charge >= 0.3 is 0 Å². The van der Waals surface area contributed by atoms with Gasteiger partial charge in [-0.25, -0.2) is 0 Å². The average molecular weight is 673 g/mol. The third kappa shape index (κ3) is 4.70. The van der Waals surface area contributed by atoms with Gasteiger partial charge in [0.25, 0.3) is 0 Å². The lowest BCUT2D eigenvalue weighted by molar-refractivity contribution is 1.17. The normalized spacial score (nSPS) is 11.8. The Bertz CT molecular complexity index is 3170. The maximum absolute atomic E-state index is 4.44. The van der Waals surface area contributed by atoms with Crippen LogP contribution in [0.25, 0.3) is 104 Å². The molecular formula is C51H32N2. The molecule has 0 saturated carbocycles. The molecule has 2 heterocycles. The predicted octanol–water partition coefficient (Wildman–Crippen LogP) is 13.8. The number of hydrogen-bond acceptors (Lipinski definition) is 1. The van der Waals surface area contributed by atoms with Crippen molar-refractivity contribution in [3.63, 3.8) is 0 Å². The van der Waals surface area contributed by atoms with Crippen molar-refractivity contribution in [1.82, 2.24) is 9.55 Å². The molecule has 0 unspecified atom stereocenters. The van der Waals surface area contributed by atoms with Crippen LogP contribution in [-0.2, 0) is 0 Å². The summed E-state index contributed by atoms with van der Waals surface area (Å²) in [6, 6.07) is 66.8. The van der Waals surface area contributed by atoms with Gasteiger partial charge in [0.2, 0.25) is 0 Å². The molecule has 11 aromatic rings. The summed E-state index contributed by atoms with van der Waals surface area (Å²) in [6.07, 6.45) is 3.85. The van der Waals surface area contributed by atoms with E-state index in [1.165, 1.54) is 87.4 Å². The first-order valence-corrected chi connectivity index (χ1v) is 18.2. The van der Waals surface area contributed by atoms with Gasteiger partial charge in [0, 0.05) is 28.9 Å². The van der Waals surface area contributed by atoms with Gasteiger partial charge in [-0.05, 0) is 119 Å². The molecule has 0 atom stereocenters. The van der Waals surface area contributed by atoms with Gasteiger partial charge < -0.3 is 4.57 Å². The lowest BCUT2D eigenvalue weighted by Gasteiger charge is -2.19. The smallest absolute Gasteiger partial charge is 0.0571 e. The first kappa shape index (κ1) is 29.7. The summed E-state index contributed by atoms with van der Waals surface area (Å²) in [5.41, 5.74) is 10.8. The number of benzene rings is 9. The lowest BCUT2D eigenvalue weighted by atomic mass is 9.84. The number of nitrogens with zero attached hydrogens (tertiary/aromatic N) is 2. The largest absolute Gasteiger partial charge is 0.309 e. The molecule has 0 aliphatic rings. The molecule has 246 valence electrons. The van der Waals surface area contributed by atoms with E-state index < -0.39 is 0 Å². The minimum absolute atomic E-state index is 1.13. The number of pyridine rings is 1. The van der Waals surface area contributed by atoms with Crippen LogP contribution < -0.4 is 0 Å². The molecule has 0 spiro atoms. The predicted molar refractivity (Wildman–Crippen MR) is 225 cm³/mol. The van der Waals surface area contributed by atoms with Crippen LogP contribution in [0.1, 0.15) is 0 Å². The summed E-state index contributed by atoms with van der Waals surface area (Å²) in [6.45, 7) is 0. The first-order chi connectivity index (χ1) is 26.3. The fourth-order valence-electron chi connectivity index (χ4n) is 8.57. The van der Waals surface area contributed by atoms with E-state index in [9.17, 15) is 0 Å². The van der Waals surface area contributed by atoms with E-state index in [2.05, 4.69) is 192 Å². The van der Waals surface area contributed by atoms with Crippen LogP contribution in [-0.4, -0.2) is 9.55 Å². The third-order valence-electron chi connectivity index (χ3n) is 11.0. The zero-order valence-corrected chi connectivity index (χ0v) is 28.9.